The van der Waals surface area contributed by atoms with Crippen LogP contribution in [-0.4, -0.2) is 33.8 Å². The molecule has 1 amide bonds. The van der Waals surface area contributed by atoms with Crippen LogP contribution in [0.2, 0.25) is 0 Å². The van der Waals surface area contributed by atoms with E-state index in [0.29, 0.717) is 24.8 Å². The van der Waals surface area contributed by atoms with E-state index < -0.39 is 18.4 Å². The van der Waals surface area contributed by atoms with E-state index in [-0.39, 0.29) is 42.1 Å². The number of alkyl halides is 2. The SMILES string of the molecule is Cc1cc2c(cn1)cc(C1CC(C(=O)NC3CCC(F)CC3F)CCC1C)c(=O)n2C. The molecule has 6 atom stereocenters. The lowest BCUT2D eigenvalue weighted by Gasteiger charge is -2.35. The van der Waals surface area contributed by atoms with Crippen LogP contribution in [0.5, 0.6) is 0 Å². The average molecular weight is 432 g/mol. The lowest BCUT2D eigenvalue weighted by molar-refractivity contribution is -0.128. The molecule has 2 fully saturated rings. The molecule has 2 saturated carbocycles. The summed E-state index contributed by atoms with van der Waals surface area (Å²) in [7, 11) is 1.77. The van der Waals surface area contributed by atoms with Gasteiger partial charge in [0.1, 0.15) is 12.3 Å². The Morgan fingerprint density at radius 3 is 2.68 bits per heavy atom. The molecular weight excluding hydrogens is 400 g/mol. The summed E-state index contributed by atoms with van der Waals surface area (Å²) in [5, 5.41) is 3.74. The Morgan fingerprint density at radius 2 is 1.94 bits per heavy atom. The van der Waals surface area contributed by atoms with Gasteiger partial charge in [-0.05, 0) is 63.0 Å². The number of pyridine rings is 2. The van der Waals surface area contributed by atoms with Gasteiger partial charge < -0.3 is 9.88 Å². The molecule has 0 saturated heterocycles. The van der Waals surface area contributed by atoms with Gasteiger partial charge in [-0.3, -0.25) is 14.6 Å². The molecule has 2 aromatic rings. The van der Waals surface area contributed by atoms with Gasteiger partial charge in [-0.15, -0.1) is 0 Å². The van der Waals surface area contributed by atoms with E-state index >= 15 is 0 Å². The summed E-state index contributed by atoms with van der Waals surface area (Å²) in [5.74, 6) is -0.218. The first-order valence-corrected chi connectivity index (χ1v) is 11.3. The molecule has 168 valence electrons. The van der Waals surface area contributed by atoms with Crippen LogP contribution < -0.4 is 10.9 Å². The summed E-state index contributed by atoms with van der Waals surface area (Å²) in [4.78, 5) is 30.4. The van der Waals surface area contributed by atoms with Gasteiger partial charge in [0, 0.05) is 42.2 Å². The third-order valence-electron chi connectivity index (χ3n) is 7.27. The summed E-state index contributed by atoms with van der Waals surface area (Å²) < 4.78 is 29.3. The number of aryl methyl sites for hydroxylation is 2. The van der Waals surface area contributed by atoms with Crippen molar-refractivity contribution >= 4 is 16.8 Å². The van der Waals surface area contributed by atoms with Crippen LogP contribution >= 0.6 is 0 Å². The molecule has 31 heavy (non-hydrogen) atoms. The number of halogens is 2. The number of nitrogens with zero attached hydrogens (tertiary/aromatic N) is 2. The molecule has 4 rings (SSSR count). The van der Waals surface area contributed by atoms with Crippen molar-refractivity contribution in [3.05, 3.63) is 39.9 Å². The number of amides is 1. The lowest BCUT2D eigenvalue weighted by atomic mass is 9.71. The van der Waals surface area contributed by atoms with Gasteiger partial charge in [-0.2, -0.15) is 0 Å². The third kappa shape index (κ3) is 4.37. The Kier molecular flexibility index (Phi) is 6.13. The molecule has 2 aromatic heterocycles. The second kappa shape index (κ2) is 8.67. The molecule has 2 aliphatic carbocycles. The molecule has 2 heterocycles. The third-order valence-corrected chi connectivity index (χ3v) is 7.27. The molecule has 5 nitrogen and oxygen atoms in total. The Bertz CT molecular complexity index is 1040. The normalized spacial score (nSPS) is 31.5. The van der Waals surface area contributed by atoms with E-state index in [1.807, 2.05) is 19.1 Å². The van der Waals surface area contributed by atoms with Gasteiger partial charge in [0.15, 0.2) is 0 Å². The summed E-state index contributed by atoms with van der Waals surface area (Å²) in [6.07, 6.45) is 1.90. The van der Waals surface area contributed by atoms with E-state index in [1.54, 1.807) is 17.8 Å². The fraction of sp³-hybridized carbons (Fsp3) is 0.625. The van der Waals surface area contributed by atoms with Crippen molar-refractivity contribution < 1.29 is 13.6 Å². The number of hydrogen-bond donors (Lipinski definition) is 1. The quantitative estimate of drug-likeness (QED) is 0.796. The summed E-state index contributed by atoms with van der Waals surface area (Å²) in [6, 6.07) is 3.21. The Morgan fingerprint density at radius 1 is 1.16 bits per heavy atom. The predicted octanol–water partition coefficient (Wildman–Crippen LogP) is 4.11. The number of aromatic nitrogens is 2. The topological polar surface area (TPSA) is 64.0 Å². The minimum Gasteiger partial charge on any atom is -0.350 e. The highest BCUT2D eigenvalue weighted by Crippen LogP contribution is 2.40. The molecule has 2 aliphatic rings. The zero-order chi connectivity index (χ0) is 22.3. The Balaban J connectivity index is 1.55. The Hall–Kier alpha value is -2.31. The van der Waals surface area contributed by atoms with Gasteiger partial charge in [0.2, 0.25) is 5.91 Å². The minimum atomic E-state index is -1.34. The van der Waals surface area contributed by atoms with Crippen LogP contribution in [0, 0.1) is 18.8 Å². The number of carbonyl (C=O) groups is 1. The van der Waals surface area contributed by atoms with Crippen molar-refractivity contribution in [1.29, 1.82) is 0 Å². The highest BCUT2D eigenvalue weighted by atomic mass is 19.1. The average Bonchev–Trinajstić information content (AvgIpc) is 2.73. The molecule has 6 unspecified atom stereocenters. The first-order chi connectivity index (χ1) is 14.7. The van der Waals surface area contributed by atoms with Crippen molar-refractivity contribution in [3.63, 3.8) is 0 Å². The van der Waals surface area contributed by atoms with Crippen molar-refractivity contribution in [2.75, 3.05) is 0 Å². The predicted molar refractivity (Wildman–Crippen MR) is 117 cm³/mol. The van der Waals surface area contributed by atoms with Crippen molar-refractivity contribution in [3.8, 4) is 0 Å². The van der Waals surface area contributed by atoms with Crippen LogP contribution in [0.15, 0.2) is 23.1 Å². The van der Waals surface area contributed by atoms with Gasteiger partial charge in [-0.1, -0.05) is 6.92 Å². The van der Waals surface area contributed by atoms with Crippen molar-refractivity contribution in [1.82, 2.24) is 14.9 Å². The number of hydrogen-bond acceptors (Lipinski definition) is 3. The summed E-state index contributed by atoms with van der Waals surface area (Å²) >= 11 is 0. The van der Waals surface area contributed by atoms with Crippen LogP contribution in [0.1, 0.15) is 62.6 Å². The highest BCUT2D eigenvalue weighted by molar-refractivity contribution is 5.80. The fourth-order valence-corrected chi connectivity index (χ4v) is 5.28. The van der Waals surface area contributed by atoms with E-state index in [1.165, 1.54) is 0 Å². The Labute approximate surface area is 181 Å². The van der Waals surface area contributed by atoms with Crippen LogP contribution in [-0.2, 0) is 11.8 Å². The lowest BCUT2D eigenvalue weighted by Crippen LogP contribution is -2.48. The van der Waals surface area contributed by atoms with Gasteiger partial charge in [-0.25, -0.2) is 8.78 Å². The summed E-state index contributed by atoms with van der Waals surface area (Å²) in [6.45, 7) is 4.02. The summed E-state index contributed by atoms with van der Waals surface area (Å²) in [5.41, 5.74) is 2.37. The highest BCUT2D eigenvalue weighted by Gasteiger charge is 2.37. The smallest absolute Gasteiger partial charge is 0.254 e. The molecular formula is C24H31F2N3O2. The van der Waals surface area contributed by atoms with E-state index in [4.69, 9.17) is 0 Å². The first kappa shape index (κ1) is 21.9. The zero-order valence-corrected chi connectivity index (χ0v) is 18.4. The van der Waals surface area contributed by atoms with Crippen LogP contribution in [0.25, 0.3) is 10.9 Å². The first-order valence-electron chi connectivity index (χ1n) is 11.3. The molecule has 0 radical (unpaired) electrons. The number of fused-ring (bicyclic) bond motifs is 1. The van der Waals surface area contributed by atoms with Gasteiger partial charge in [0.25, 0.3) is 5.56 Å². The van der Waals surface area contributed by atoms with Crippen molar-refractivity contribution in [2.24, 2.45) is 18.9 Å². The standard InChI is InChI=1S/C24H31F2N3O2/c1-13-4-5-15(23(30)28-21-7-6-17(25)11-20(21)26)9-18(13)19-10-16-12-27-14(2)8-22(16)29(3)24(19)31/h8,10,12-13,15,17-18,20-21H,4-7,9,11H2,1-3H3,(H,28,30). The van der Waals surface area contributed by atoms with Crippen LogP contribution in [0.4, 0.5) is 8.78 Å². The number of rotatable bonds is 3. The largest absolute Gasteiger partial charge is 0.350 e. The number of nitrogens with one attached hydrogen (secondary N) is 1. The van der Waals surface area contributed by atoms with E-state index in [0.717, 1.165) is 23.0 Å². The van der Waals surface area contributed by atoms with E-state index in [9.17, 15) is 18.4 Å². The maximum Gasteiger partial charge on any atom is 0.254 e. The van der Waals surface area contributed by atoms with Gasteiger partial charge >= 0.3 is 0 Å². The molecule has 7 heteroatoms. The maximum atomic E-state index is 14.2. The second-order valence-corrected chi connectivity index (χ2v) is 9.48. The maximum absolute atomic E-state index is 14.2. The molecule has 0 aliphatic heterocycles. The molecule has 0 spiro atoms. The number of carbonyl (C=O) groups excluding carboxylic acids is 1. The fourth-order valence-electron chi connectivity index (χ4n) is 5.28. The minimum absolute atomic E-state index is 0.0406. The zero-order valence-electron chi connectivity index (χ0n) is 18.4. The van der Waals surface area contributed by atoms with Gasteiger partial charge in [0.05, 0.1) is 11.6 Å². The van der Waals surface area contributed by atoms with Crippen molar-refractivity contribution in [2.45, 2.75) is 76.7 Å². The van der Waals surface area contributed by atoms with E-state index in [2.05, 4.69) is 17.2 Å². The molecule has 0 aromatic carbocycles. The molecule has 1 N–H and O–H groups in total. The monoisotopic (exact) mass is 431 g/mol. The van der Waals surface area contributed by atoms with Crippen LogP contribution in [0.3, 0.4) is 0 Å². The second-order valence-electron chi connectivity index (χ2n) is 9.48. The molecule has 0 bridgehead atoms.